The standard InChI is InChI=1S/C17H19FN2O/c1-11(2)16(12-6-4-3-5-7-12)20-17(21)13-8-9-14(18)15(19)10-13/h3-11,16H,19H2,1-2H3,(H,20,21). The number of nitrogens with one attached hydrogen (secondary N) is 1. The Morgan fingerprint density at radius 1 is 1.14 bits per heavy atom. The lowest BCUT2D eigenvalue weighted by Crippen LogP contribution is -2.31. The van der Waals surface area contributed by atoms with Crippen LogP contribution in [0.2, 0.25) is 0 Å². The average Bonchev–Trinajstić information content (AvgIpc) is 2.48. The number of anilines is 1. The van der Waals surface area contributed by atoms with Crippen molar-refractivity contribution in [1.29, 1.82) is 0 Å². The Labute approximate surface area is 124 Å². The van der Waals surface area contributed by atoms with Crippen LogP contribution in [0.5, 0.6) is 0 Å². The fraction of sp³-hybridized carbons (Fsp3) is 0.235. The van der Waals surface area contributed by atoms with Gasteiger partial charge in [-0.2, -0.15) is 0 Å². The summed E-state index contributed by atoms with van der Waals surface area (Å²) in [5, 5.41) is 2.98. The predicted octanol–water partition coefficient (Wildman–Crippen LogP) is 3.54. The van der Waals surface area contributed by atoms with Crippen LogP contribution in [0.3, 0.4) is 0 Å². The molecule has 0 aliphatic heterocycles. The van der Waals surface area contributed by atoms with Crippen LogP contribution in [-0.4, -0.2) is 5.91 Å². The van der Waals surface area contributed by atoms with Gasteiger partial charge in [0, 0.05) is 5.56 Å². The van der Waals surface area contributed by atoms with Crippen LogP contribution in [0.1, 0.15) is 35.8 Å². The van der Waals surface area contributed by atoms with Crippen molar-refractivity contribution in [2.45, 2.75) is 19.9 Å². The topological polar surface area (TPSA) is 55.1 Å². The van der Waals surface area contributed by atoms with Crippen LogP contribution in [0, 0.1) is 11.7 Å². The molecule has 0 bridgehead atoms. The summed E-state index contributed by atoms with van der Waals surface area (Å²) in [5.41, 5.74) is 6.88. The quantitative estimate of drug-likeness (QED) is 0.845. The molecule has 0 aliphatic carbocycles. The summed E-state index contributed by atoms with van der Waals surface area (Å²) in [5.74, 6) is -0.548. The summed E-state index contributed by atoms with van der Waals surface area (Å²) < 4.78 is 13.2. The number of benzene rings is 2. The summed E-state index contributed by atoms with van der Waals surface area (Å²) in [6.07, 6.45) is 0. The molecule has 3 N–H and O–H groups in total. The van der Waals surface area contributed by atoms with Gasteiger partial charge < -0.3 is 11.1 Å². The van der Waals surface area contributed by atoms with Gasteiger partial charge >= 0.3 is 0 Å². The van der Waals surface area contributed by atoms with Gasteiger partial charge in [0.05, 0.1) is 11.7 Å². The molecule has 0 saturated heterocycles. The molecule has 3 nitrogen and oxygen atoms in total. The van der Waals surface area contributed by atoms with Crippen molar-refractivity contribution >= 4 is 11.6 Å². The lowest BCUT2D eigenvalue weighted by atomic mass is 9.95. The van der Waals surface area contributed by atoms with Gasteiger partial charge in [-0.25, -0.2) is 4.39 Å². The number of rotatable bonds is 4. The van der Waals surface area contributed by atoms with Crippen molar-refractivity contribution in [3.8, 4) is 0 Å². The number of nitrogens with two attached hydrogens (primary N) is 1. The highest BCUT2D eigenvalue weighted by Gasteiger charge is 2.19. The number of carbonyl (C=O) groups is 1. The van der Waals surface area contributed by atoms with Crippen LogP contribution in [0.15, 0.2) is 48.5 Å². The molecule has 1 atom stereocenters. The van der Waals surface area contributed by atoms with Gasteiger partial charge in [-0.1, -0.05) is 44.2 Å². The molecule has 0 aromatic heterocycles. The zero-order valence-corrected chi connectivity index (χ0v) is 12.1. The molecule has 0 heterocycles. The minimum Gasteiger partial charge on any atom is -0.396 e. The highest BCUT2D eigenvalue weighted by atomic mass is 19.1. The van der Waals surface area contributed by atoms with E-state index >= 15 is 0 Å². The maximum absolute atomic E-state index is 13.2. The SMILES string of the molecule is CC(C)C(NC(=O)c1ccc(F)c(N)c1)c1ccccc1. The maximum atomic E-state index is 13.2. The van der Waals surface area contributed by atoms with Gasteiger partial charge in [0.25, 0.3) is 5.91 Å². The van der Waals surface area contributed by atoms with E-state index in [4.69, 9.17) is 5.73 Å². The zero-order chi connectivity index (χ0) is 15.4. The van der Waals surface area contributed by atoms with Crippen molar-refractivity contribution in [2.75, 3.05) is 5.73 Å². The fourth-order valence-corrected chi connectivity index (χ4v) is 2.20. The molecule has 0 saturated carbocycles. The largest absolute Gasteiger partial charge is 0.396 e. The van der Waals surface area contributed by atoms with Gasteiger partial charge in [-0.05, 0) is 29.7 Å². The summed E-state index contributed by atoms with van der Waals surface area (Å²) in [7, 11) is 0. The molecule has 2 rings (SSSR count). The Kier molecular flexibility index (Phi) is 4.58. The smallest absolute Gasteiger partial charge is 0.251 e. The molecule has 1 amide bonds. The second kappa shape index (κ2) is 6.39. The highest BCUT2D eigenvalue weighted by Crippen LogP contribution is 2.22. The summed E-state index contributed by atoms with van der Waals surface area (Å²) in [4.78, 5) is 12.3. The molecule has 2 aromatic rings. The number of nitrogen functional groups attached to an aromatic ring is 1. The number of hydrogen-bond donors (Lipinski definition) is 2. The van der Waals surface area contributed by atoms with E-state index in [1.165, 1.54) is 18.2 Å². The number of halogens is 1. The third-order valence-electron chi connectivity index (χ3n) is 3.37. The average molecular weight is 286 g/mol. The third kappa shape index (κ3) is 3.60. The first kappa shape index (κ1) is 15.0. The van der Waals surface area contributed by atoms with Crippen molar-refractivity contribution in [3.05, 3.63) is 65.5 Å². The summed E-state index contributed by atoms with van der Waals surface area (Å²) >= 11 is 0. The molecular weight excluding hydrogens is 267 g/mol. The number of carbonyl (C=O) groups excluding carboxylic acids is 1. The zero-order valence-electron chi connectivity index (χ0n) is 12.1. The van der Waals surface area contributed by atoms with Crippen LogP contribution < -0.4 is 11.1 Å². The Morgan fingerprint density at radius 3 is 2.38 bits per heavy atom. The van der Waals surface area contributed by atoms with E-state index in [0.717, 1.165) is 5.56 Å². The molecule has 4 heteroatoms. The van der Waals surface area contributed by atoms with E-state index in [1.54, 1.807) is 0 Å². The van der Waals surface area contributed by atoms with Crippen LogP contribution in [-0.2, 0) is 0 Å². The van der Waals surface area contributed by atoms with E-state index < -0.39 is 5.82 Å². The summed E-state index contributed by atoms with van der Waals surface area (Å²) in [6.45, 7) is 4.08. The molecule has 0 aliphatic rings. The van der Waals surface area contributed by atoms with Crippen molar-refractivity contribution < 1.29 is 9.18 Å². The van der Waals surface area contributed by atoms with Gasteiger partial charge in [0.1, 0.15) is 5.82 Å². The van der Waals surface area contributed by atoms with E-state index in [-0.39, 0.29) is 23.6 Å². The van der Waals surface area contributed by atoms with E-state index in [9.17, 15) is 9.18 Å². The van der Waals surface area contributed by atoms with Crippen molar-refractivity contribution in [2.24, 2.45) is 5.92 Å². The van der Waals surface area contributed by atoms with E-state index in [0.29, 0.717) is 5.56 Å². The second-order valence-corrected chi connectivity index (χ2v) is 5.34. The fourth-order valence-electron chi connectivity index (χ4n) is 2.20. The van der Waals surface area contributed by atoms with Crippen LogP contribution in [0.4, 0.5) is 10.1 Å². The van der Waals surface area contributed by atoms with Gasteiger partial charge in [-0.3, -0.25) is 4.79 Å². The Morgan fingerprint density at radius 2 is 1.81 bits per heavy atom. The maximum Gasteiger partial charge on any atom is 0.251 e. The number of hydrogen-bond acceptors (Lipinski definition) is 2. The predicted molar refractivity (Wildman–Crippen MR) is 82.3 cm³/mol. The van der Waals surface area contributed by atoms with Crippen molar-refractivity contribution in [3.63, 3.8) is 0 Å². The van der Waals surface area contributed by atoms with Crippen molar-refractivity contribution in [1.82, 2.24) is 5.32 Å². The Hall–Kier alpha value is -2.36. The second-order valence-electron chi connectivity index (χ2n) is 5.34. The first-order valence-corrected chi connectivity index (χ1v) is 6.90. The lowest BCUT2D eigenvalue weighted by molar-refractivity contribution is 0.0925. The molecular formula is C17H19FN2O. The van der Waals surface area contributed by atoms with E-state index in [1.807, 2.05) is 44.2 Å². The monoisotopic (exact) mass is 286 g/mol. The molecule has 0 radical (unpaired) electrons. The highest BCUT2D eigenvalue weighted by molar-refractivity contribution is 5.95. The van der Waals surface area contributed by atoms with Crippen LogP contribution in [0.25, 0.3) is 0 Å². The minimum absolute atomic E-state index is 0.0246. The van der Waals surface area contributed by atoms with E-state index in [2.05, 4.69) is 5.32 Å². The van der Waals surface area contributed by atoms with Gasteiger partial charge in [0.15, 0.2) is 0 Å². The lowest BCUT2D eigenvalue weighted by Gasteiger charge is -2.23. The number of amides is 1. The first-order chi connectivity index (χ1) is 9.99. The molecule has 2 aromatic carbocycles. The first-order valence-electron chi connectivity index (χ1n) is 6.90. The molecule has 0 spiro atoms. The molecule has 21 heavy (non-hydrogen) atoms. The summed E-state index contributed by atoms with van der Waals surface area (Å²) in [6, 6.07) is 13.6. The minimum atomic E-state index is -0.519. The Bertz CT molecular complexity index is 626. The normalized spacial score (nSPS) is 12.2. The molecule has 0 fully saturated rings. The van der Waals surface area contributed by atoms with Crippen LogP contribution >= 0.6 is 0 Å². The third-order valence-corrected chi connectivity index (χ3v) is 3.37. The Balaban J connectivity index is 2.21. The van der Waals surface area contributed by atoms with Gasteiger partial charge in [-0.15, -0.1) is 0 Å². The molecule has 110 valence electrons. The van der Waals surface area contributed by atoms with Gasteiger partial charge in [0.2, 0.25) is 0 Å². The molecule has 1 unspecified atom stereocenters.